The Morgan fingerprint density at radius 1 is 1.29 bits per heavy atom. The number of carboxylic acids is 1. The summed E-state index contributed by atoms with van der Waals surface area (Å²) in [6.45, 7) is -0.199. The van der Waals surface area contributed by atoms with Gasteiger partial charge in [-0.15, -0.1) is 0 Å². The van der Waals surface area contributed by atoms with Crippen LogP contribution in [0.3, 0.4) is 0 Å². The molecule has 1 aromatic carbocycles. The van der Waals surface area contributed by atoms with E-state index in [1.54, 1.807) is 18.2 Å². The van der Waals surface area contributed by atoms with Gasteiger partial charge >= 0.3 is 5.97 Å². The summed E-state index contributed by atoms with van der Waals surface area (Å²) >= 11 is 3.30. The number of amides is 1. The number of ether oxygens (including phenoxy) is 1. The Labute approximate surface area is 128 Å². The fraction of sp³-hybridized carbons (Fsp3) is 0.0714. The lowest BCUT2D eigenvalue weighted by Crippen LogP contribution is -2.21. The molecule has 1 heterocycles. The number of hydrogen-bond acceptors (Lipinski definition) is 4. The Bertz CT molecular complexity index is 676. The van der Waals surface area contributed by atoms with Crippen LogP contribution in [0.15, 0.2) is 47.1 Å². The molecule has 0 radical (unpaired) electrons. The number of rotatable bonds is 5. The molecule has 1 amide bonds. The lowest BCUT2D eigenvalue weighted by atomic mass is 10.2. The third kappa shape index (κ3) is 4.57. The zero-order chi connectivity index (χ0) is 15.2. The number of nitrogens with zero attached hydrogens (tertiary/aromatic N) is 1. The second-order valence-corrected chi connectivity index (χ2v) is 4.94. The van der Waals surface area contributed by atoms with Crippen molar-refractivity contribution in [3.8, 4) is 5.75 Å². The highest BCUT2D eigenvalue weighted by Crippen LogP contribution is 2.17. The molecule has 0 aliphatic heterocycles. The summed E-state index contributed by atoms with van der Waals surface area (Å²) in [6.07, 6.45) is 1.31. The average molecular weight is 351 g/mol. The van der Waals surface area contributed by atoms with Crippen molar-refractivity contribution < 1.29 is 19.4 Å². The van der Waals surface area contributed by atoms with Crippen molar-refractivity contribution in [1.29, 1.82) is 0 Å². The molecule has 0 unspecified atom stereocenters. The molecule has 0 spiro atoms. The smallest absolute Gasteiger partial charge is 0.335 e. The molecule has 6 nitrogen and oxygen atoms in total. The number of nitrogens with one attached hydrogen (secondary N) is 1. The number of pyridine rings is 1. The first-order valence-electron chi connectivity index (χ1n) is 5.92. The molecule has 0 saturated carbocycles. The highest BCUT2D eigenvalue weighted by atomic mass is 79.9. The van der Waals surface area contributed by atoms with Crippen LogP contribution in [0.25, 0.3) is 0 Å². The minimum Gasteiger partial charge on any atom is -0.484 e. The SMILES string of the molecule is O=C(COc1cccc(Br)c1)Nc1cc(C(=O)O)ccn1. The topological polar surface area (TPSA) is 88.5 Å². The third-order valence-corrected chi connectivity index (χ3v) is 2.93. The van der Waals surface area contributed by atoms with E-state index in [1.807, 2.05) is 6.07 Å². The summed E-state index contributed by atoms with van der Waals surface area (Å²) in [5.74, 6) is -0.798. The molecule has 0 bridgehead atoms. The molecule has 1 aromatic heterocycles. The van der Waals surface area contributed by atoms with Crippen molar-refractivity contribution in [2.75, 3.05) is 11.9 Å². The molecular formula is C14H11BrN2O4. The number of carboxylic acid groups (broad SMARTS) is 1. The van der Waals surface area contributed by atoms with Crippen LogP contribution in [0.4, 0.5) is 5.82 Å². The number of hydrogen-bond donors (Lipinski definition) is 2. The first-order chi connectivity index (χ1) is 10.0. The normalized spacial score (nSPS) is 9.95. The predicted molar refractivity (Wildman–Crippen MR) is 79.5 cm³/mol. The number of aromatic nitrogens is 1. The van der Waals surface area contributed by atoms with Crippen LogP contribution in [0.2, 0.25) is 0 Å². The Balaban J connectivity index is 1.93. The van der Waals surface area contributed by atoms with Crippen LogP contribution in [-0.4, -0.2) is 28.6 Å². The number of aromatic carboxylic acids is 1. The molecular weight excluding hydrogens is 340 g/mol. The molecule has 2 N–H and O–H groups in total. The van der Waals surface area contributed by atoms with Crippen LogP contribution in [-0.2, 0) is 4.79 Å². The third-order valence-electron chi connectivity index (χ3n) is 2.44. The fourth-order valence-electron chi connectivity index (χ4n) is 1.52. The highest BCUT2D eigenvalue weighted by Gasteiger charge is 2.08. The molecule has 7 heteroatoms. The maximum atomic E-state index is 11.7. The largest absolute Gasteiger partial charge is 0.484 e. The van der Waals surface area contributed by atoms with E-state index in [2.05, 4.69) is 26.2 Å². The maximum Gasteiger partial charge on any atom is 0.335 e. The van der Waals surface area contributed by atoms with Crippen LogP contribution < -0.4 is 10.1 Å². The molecule has 21 heavy (non-hydrogen) atoms. The molecule has 108 valence electrons. The zero-order valence-electron chi connectivity index (χ0n) is 10.7. The number of halogens is 1. The van der Waals surface area contributed by atoms with E-state index in [4.69, 9.17) is 9.84 Å². The first-order valence-corrected chi connectivity index (χ1v) is 6.71. The van der Waals surface area contributed by atoms with Gasteiger partial charge in [0, 0.05) is 10.7 Å². The molecule has 0 saturated heterocycles. The summed E-state index contributed by atoms with van der Waals surface area (Å²) in [5, 5.41) is 11.3. The van der Waals surface area contributed by atoms with E-state index in [-0.39, 0.29) is 18.0 Å². The summed E-state index contributed by atoms with van der Waals surface area (Å²) in [7, 11) is 0. The van der Waals surface area contributed by atoms with Crippen LogP contribution >= 0.6 is 15.9 Å². The van der Waals surface area contributed by atoms with Crippen LogP contribution in [0.5, 0.6) is 5.75 Å². The Morgan fingerprint density at radius 2 is 2.10 bits per heavy atom. The van der Waals surface area contributed by atoms with Gasteiger partial charge < -0.3 is 15.2 Å². The van der Waals surface area contributed by atoms with Gasteiger partial charge in [0.2, 0.25) is 0 Å². The van der Waals surface area contributed by atoms with Crippen molar-refractivity contribution >= 4 is 33.6 Å². The van der Waals surface area contributed by atoms with E-state index in [0.29, 0.717) is 5.75 Å². The van der Waals surface area contributed by atoms with Gasteiger partial charge in [-0.25, -0.2) is 9.78 Å². The molecule has 0 atom stereocenters. The zero-order valence-corrected chi connectivity index (χ0v) is 12.3. The Morgan fingerprint density at radius 3 is 2.81 bits per heavy atom. The molecule has 2 rings (SSSR count). The van der Waals surface area contributed by atoms with Gasteiger partial charge in [0.15, 0.2) is 6.61 Å². The van der Waals surface area contributed by atoms with E-state index in [0.717, 1.165) is 4.47 Å². The number of benzene rings is 1. The number of carbonyl (C=O) groups excluding carboxylic acids is 1. The minimum absolute atomic E-state index is 0.0493. The summed E-state index contributed by atoms with van der Waals surface area (Å²) in [6, 6.07) is 9.71. The van der Waals surface area contributed by atoms with Gasteiger partial charge in [0.05, 0.1) is 5.56 Å². The maximum absolute atomic E-state index is 11.7. The predicted octanol–water partition coefficient (Wildman–Crippen LogP) is 2.56. The van der Waals surface area contributed by atoms with E-state index < -0.39 is 11.9 Å². The second-order valence-electron chi connectivity index (χ2n) is 4.03. The lowest BCUT2D eigenvalue weighted by Gasteiger charge is -2.07. The van der Waals surface area contributed by atoms with Gasteiger partial charge in [-0.2, -0.15) is 0 Å². The van der Waals surface area contributed by atoms with Gasteiger partial charge in [-0.05, 0) is 30.3 Å². The summed E-state index contributed by atoms with van der Waals surface area (Å²) < 4.78 is 6.16. The Kier molecular flexibility index (Phi) is 4.89. The molecule has 0 aliphatic carbocycles. The number of carbonyl (C=O) groups is 2. The second kappa shape index (κ2) is 6.85. The molecule has 0 fully saturated rings. The monoisotopic (exact) mass is 350 g/mol. The molecule has 0 aliphatic rings. The van der Waals surface area contributed by atoms with Gasteiger partial charge in [0.1, 0.15) is 11.6 Å². The quantitative estimate of drug-likeness (QED) is 0.864. The van der Waals surface area contributed by atoms with E-state index in [1.165, 1.54) is 18.3 Å². The van der Waals surface area contributed by atoms with Gasteiger partial charge in [-0.3, -0.25) is 4.79 Å². The fourth-order valence-corrected chi connectivity index (χ4v) is 1.89. The van der Waals surface area contributed by atoms with Crippen molar-refractivity contribution in [3.63, 3.8) is 0 Å². The van der Waals surface area contributed by atoms with Crippen LogP contribution in [0.1, 0.15) is 10.4 Å². The Hall–Kier alpha value is -2.41. The standard InChI is InChI=1S/C14H11BrN2O4/c15-10-2-1-3-11(7-10)21-8-13(18)17-12-6-9(14(19)20)4-5-16-12/h1-7H,8H2,(H,19,20)(H,16,17,18). The van der Waals surface area contributed by atoms with E-state index >= 15 is 0 Å². The summed E-state index contributed by atoms with van der Waals surface area (Å²) in [5.41, 5.74) is 0.0493. The van der Waals surface area contributed by atoms with Crippen molar-refractivity contribution in [1.82, 2.24) is 4.98 Å². The van der Waals surface area contributed by atoms with Crippen LogP contribution in [0, 0.1) is 0 Å². The lowest BCUT2D eigenvalue weighted by molar-refractivity contribution is -0.118. The summed E-state index contributed by atoms with van der Waals surface area (Å²) in [4.78, 5) is 26.4. The first kappa shape index (κ1) is 15.0. The van der Waals surface area contributed by atoms with E-state index in [9.17, 15) is 9.59 Å². The van der Waals surface area contributed by atoms with Crippen molar-refractivity contribution in [2.45, 2.75) is 0 Å². The minimum atomic E-state index is -1.08. The number of anilines is 1. The molecule has 2 aromatic rings. The average Bonchev–Trinajstić information content (AvgIpc) is 2.45. The van der Waals surface area contributed by atoms with Gasteiger partial charge in [0.25, 0.3) is 5.91 Å². The van der Waals surface area contributed by atoms with Crippen molar-refractivity contribution in [2.24, 2.45) is 0 Å². The van der Waals surface area contributed by atoms with Gasteiger partial charge in [-0.1, -0.05) is 22.0 Å². The van der Waals surface area contributed by atoms with Crippen molar-refractivity contribution in [3.05, 3.63) is 52.6 Å². The highest BCUT2D eigenvalue weighted by molar-refractivity contribution is 9.10.